The van der Waals surface area contributed by atoms with Crippen LogP contribution in [0.1, 0.15) is 25.1 Å². The van der Waals surface area contributed by atoms with Gasteiger partial charge in [0, 0.05) is 16.6 Å². The molecule has 0 fully saturated rings. The van der Waals surface area contributed by atoms with Crippen LogP contribution in [0.5, 0.6) is 0 Å². The second-order valence-corrected chi connectivity index (χ2v) is 6.21. The van der Waals surface area contributed by atoms with Crippen LogP contribution in [-0.4, -0.2) is 16.5 Å². The maximum atomic E-state index is 4.68. The van der Waals surface area contributed by atoms with Crippen LogP contribution in [0.2, 0.25) is 0 Å². The third-order valence-electron chi connectivity index (χ3n) is 3.03. The summed E-state index contributed by atoms with van der Waals surface area (Å²) < 4.78 is 2.03. The highest BCUT2D eigenvalue weighted by molar-refractivity contribution is 9.11. The Morgan fingerprint density at radius 2 is 1.90 bits per heavy atom. The van der Waals surface area contributed by atoms with Gasteiger partial charge in [0.25, 0.3) is 0 Å². The minimum atomic E-state index is 0.769. The van der Waals surface area contributed by atoms with Crippen molar-refractivity contribution in [1.82, 2.24) is 9.97 Å². The molecule has 0 unspecified atom stereocenters. The molecule has 1 N–H and O–H groups in total. The summed E-state index contributed by atoms with van der Waals surface area (Å²) in [6.07, 6.45) is 0.865. The third-order valence-corrected chi connectivity index (χ3v) is 4.35. The first-order valence-corrected chi connectivity index (χ1v) is 8.22. The lowest BCUT2D eigenvalue weighted by Gasteiger charge is -2.12. The van der Waals surface area contributed by atoms with Crippen LogP contribution in [-0.2, 0) is 6.42 Å². The molecule has 3 nitrogen and oxygen atoms in total. The van der Waals surface area contributed by atoms with Crippen LogP contribution in [0.25, 0.3) is 11.4 Å². The predicted molar refractivity (Wildman–Crippen MR) is 91.1 cm³/mol. The maximum absolute atomic E-state index is 4.68. The molecule has 1 heterocycles. The summed E-state index contributed by atoms with van der Waals surface area (Å²) >= 11 is 7.07. The van der Waals surface area contributed by atoms with Gasteiger partial charge in [0.05, 0.1) is 10.2 Å². The maximum Gasteiger partial charge on any atom is 0.162 e. The van der Waals surface area contributed by atoms with Crippen molar-refractivity contribution < 1.29 is 0 Å². The van der Waals surface area contributed by atoms with Gasteiger partial charge in [0.2, 0.25) is 0 Å². The lowest BCUT2D eigenvalue weighted by molar-refractivity contribution is 0.983. The molecular formula is C15H17Br2N3. The Kier molecular flexibility index (Phi) is 5.16. The zero-order chi connectivity index (χ0) is 14.7. The van der Waals surface area contributed by atoms with E-state index in [1.165, 1.54) is 0 Å². The number of hydrogen-bond acceptors (Lipinski definition) is 3. The number of benzene rings is 1. The smallest absolute Gasteiger partial charge is 0.162 e. The van der Waals surface area contributed by atoms with E-state index in [9.17, 15) is 0 Å². The standard InChI is InChI=1S/C15H17Br2N3/c1-4-12-13(17)15(18-5-2)20-14(19-12)11-7-6-10(16)8-9(11)3/h6-8H,4-5H2,1-3H3,(H,18,19,20). The zero-order valence-corrected chi connectivity index (χ0v) is 15.0. The van der Waals surface area contributed by atoms with E-state index < -0.39 is 0 Å². The lowest BCUT2D eigenvalue weighted by atomic mass is 10.1. The molecule has 5 heteroatoms. The molecule has 1 aromatic heterocycles. The zero-order valence-electron chi connectivity index (χ0n) is 11.8. The van der Waals surface area contributed by atoms with Gasteiger partial charge in [-0.15, -0.1) is 0 Å². The molecule has 0 aliphatic carbocycles. The van der Waals surface area contributed by atoms with Crippen molar-refractivity contribution in [1.29, 1.82) is 0 Å². The summed E-state index contributed by atoms with van der Waals surface area (Å²) in [4.78, 5) is 9.33. The van der Waals surface area contributed by atoms with E-state index in [2.05, 4.69) is 80.0 Å². The number of hydrogen-bond donors (Lipinski definition) is 1. The minimum absolute atomic E-state index is 0.769. The fourth-order valence-corrected chi connectivity index (χ4v) is 3.08. The van der Waals surface area contributed by atoms with Gasteiger partial charge in [-0.2, -0.15) is 0 Å². The normalized spacial score (nSPS) is 10.7. The summed E-state index contributed by atoms with van der Waals surface area (Å²) in [5, 5.41) is 3.28. The van der Waals surface area contributed by atoms with Crippen LogP contribution in [0.15, 0.2) is 27.1 Å². The summed E-state index contributed by atoms with van der Waals surface area (Å²) in [6, 6.07) is 6.16. The number of halogens is 2. The number of rotatable bonds is 4. The Bertz CT molecular complexity index is 627. The molecule has 1 aromatic carbocycles. The van der Waals surface area contributed by atoms with Crippen LogP contribution < -0.4 is 5.32 Å². The van der Waals surface area contributed by atoms with Crippen LogP contribution in [0, 0.1) is 6.92 Å². The van der Waals surface area contributed by atoms with Gasteiger partial charge in [-0.1, -0.05) is 22.9 Å². The highest BCUT2D eigenvalue weighted by Gasteiger charge is 2.13. The summed E-state index contributed by atoms with van der Waals surface area (Å²) in [6.45, 7) is 7.06. The second-order valence-electron chi connectivity index (χ2n) is 4.50. The Hall–Kier alpha value is -0.940. The van der Waals surface area contributed by atoms with Crippen molar-refractivity contribution in [2.24, 2.45) is 0 Å². The quantitative estimate of drug-likeness (QED) is 0.789. The van der Waals surface area contributed by atoms with Gasteiger partial charge in [0.15, 0.2) is 5.82 Å². The van der Waals surface area contributed by atoms with E-state index in [0.29, 0.717) is 0 Å². The number of nitrogens with zero attached hydrogens (tertiary/aromatic N) is 2. The monoisotopic (exact) mass is 397 g/mol. The molecule has 0 bridgehead atoms. The first kappa shape index (κ1) is 15.4. The third kappa shape index (κ3) is 3.20. The van der Waals surface area contributed by atoms with Crippen LogP contribution in [0.4, 0.5) is 5.82 Å². The van der Waals surface area contributed by atoms with E-state index in [4.69, 9.17) is 0 Å². The first-order chi connectivity index (χ1) is 9.56. The van der Waals surface area contributed by atoms with Crippen molar-refractivity contribution in [3.8, 4) is 11.4 Å². The van der Waals surface area contributed by atoms with Crippen molar-refractivity contribution in [2.75, 3.05) is 11.9 Å². The fraction of sp³-hybridized carbons (Fsp3) is 0.333. The Morgan fingerprint density at radius 1 is 1.15 bits per heavy atom. The van der Waals surface area contributed by atoms with E-state index in [0.717, 1.165) is 50.4 Å². The molecule has 106 valence electrons. The SMILES string of the molecule is CCNc1nc(-c2ccc(Br)cc2C)nc(CC)c1Br. The molecule has 0 saturated heterocycles. The molecule has 0 saturated carbocycles. The Morgan fingerprint density at radius 3 is 2.50 bits per heavy atom. The molecule has 0 amide bonds. The highest BCUT2D eigenvalue weighted by Crippen LogP contribution is 2.29. The number of nitrogens with one attached hydrogen (secondary N) is 1. The van der Waals surface area contributed by atoms with Gasteiger partial charge in [0.1, 0.15) is 5.82 Å². The molecule has 2 aromatic rings. The molecule has 0 aliphatic heterocycles. The molecule has 0 radical (unpaired) electrons. The van der Waals surface area contributed by atoms with Gasteiger partial charge >= 0.3 is 0 Å². The number of anilines is 1. The largest absolute Gasteiger partial charge is 0.369 e. The first-order valence-electron chi connectivity index (χ1n) is 6.63. The van der Waals surface area contributed by atoms with Gasteiger partial charge in [-0.05, 0) is 60.0 Å². The summed E-state index contributed by atoms with van der Waals surface area (Å²) in [5.74, 6) is 1.63. The minimum Gasteiger partial charge on any atom is -0.369 e. The Balaban J connectivity index is 2.58. The molecule has 0 aliphatic rings. The van der Waals surface area contributed by atoms with Crippen molar-refractivity contribution in [3.63, 3.8) is 0 Å². The van der Waals surface area contributed by atoms with Crippen molar-refractivity contribution in [2.45, 2.75) is 27.2 Å². The Labute approximate surface area is 136 Å². The highest BCUT2D eigenvalue weighted by atomic mass is 79.9. The lowest BCUT2D eigenvalue weighted by Crippen LogP contribution is -2.06. The van der Waals surface area contributed by atoms with Gasteiger partial charge < -0.3 is 5.32 Å². The number of aromatic nitrogens is 2. The average Bonchev–Trinajstić information content (AvgIpc) is 2.41. The van der Waals surface area contributed by atoms with E-state index in [-0.39, 0.29) is 0 Å². The average molecular weight is 399 g/mol. The van der Waals surface area contributed by atoms with E-state index in [1.54, 1.807) is 0 Å². The molecule has 2 rings (SSSR count). The van der Waals surface area contributed by atoms with E-state index in [1.807, 2.05) is 6.07 Å². The summed E-state index contributed by atoms with van der Waals surface area (Å²) in [7, 11) is 0. The summed E-state index contributed by atoms with van der Waals surface area (Å²) in [5.41, 5.74) is 3.24. The van der Waals surface area contributed by atoms with Crippen molar-refractivity contribution in [3.05, 3.63) is 38.4 Å². The predicted octanol–water partition coefficient (Wildman–Crippen LogP) is 4.97. The molecule has 20 heavy (non-hydrogen) atoms. The van der Waals surface area contributed by atoms with Gasteiger partial charge in [-0.25, -0.2) is 9.97 Å². The van der Waals surface area contributed by atoms with E-state index >= 15 is 0 Å². The fourth-order valence-electron chi connectivity index (χ4n) is 2.01. The second kappa shape index (κ2) is 6.68. The van der Waals surface area contributed by atoms with Crippen molar-refractivity contribution >= 4 is 37.7 Å². The molecule has 0 atom stereocenters. The topological polar surface area (TPSA) is 37.8 Å². The van der Waals surface area contributed by atoms with Crippen LogP contribution in [0.3, 0.4) is 0 Å². The van der Waals surface area contributed by atoms with Gasteiger partial charge in [-0.3, -0.25) is 0 Å². The molecular weight excluding hydrogens is 382 g/mol. The number of aryl methyl sites for hydroxylation is 2. The van der Waals surface area contributed by atoms with Crippen LogP contribution >= 0.6 is 31.9 Å². The molecule has 0 spiro atoms.